The first-order valence-corrected chi connectivity index (χ1v) is 10.1. The van der Waals surface area contributed by atoms with Crippen LogP contribution in [0.25, 0.3) is 6.08 Å². The van der Waals surface area contributed by atoms with E-state index in [1.54, 1.807) is 24.5 Å². The van der Waals surface area contributed by atoms with Gasteiger partial charge in [0.2, 0.25) is 5.91 Å². The molecule has 0 aliphatic carbocycles. The van der Waals surface area contributed by atoms with Crippen LogP contribution >= 0.6 is 11.3 Å². The lowest BCUT2D eigenvalue weighted by Gasteiger charge is -2.26. The maximum atomic E-state index is 12.5. The van der Waals surface area contributed by atoms with Crippen molar-refractivity contribution in [3.8, 4) is 6.07 Å². The van der Waals surface area contributed by atoms with E-state index in [0.717, 1.165) is 20.6 Å². The average molecular weight is 432 g/mol. The zero-order chi connectivity index (χ0) is 21.8. The quantitative estimate of drug-likeness (QED) is 0.500. The van der Waals surface area contributed by atoms with E-state index in [9.17, 15) is 19.6 Å². The molecule has 0 spiro atoms. The zero-order valence-electron chi connectivity index (χ0n) is 16.2. The van der Waals surface area contributed by atoms with Crippen LogP contribution in [0.1, 0.15) is 26.4 Å². The predicted octanol–water partition coefficient (Wildman–Crippen LogP) is 2.09. The van der Waals surface area contributed by atoms with Crippen molar-refractivity contribution in [1.82, 2.24) is 19.4 Å². The summed E-state index contributed by atoms with van der Waals surface area (Å²) in [5.74, 6) is -1.70. The highest BCUT2D eigenvalue weighted by atomic mass is 32.1. The number of nitrogens with one attached hydrogen (secondary N) is 1. The molecule has 0 saturated carbocycles. The highest BCUT2D eigenvalue weighted by Crippen LogP contribution is 2.36. The Morgan fingerprint density at radius 1 is 1.23 bits per heavy atom. The number of carbonyl (C=O) groups excluding carboxylic acids is 3. The standard InChI is InChI=1S/C21H16N6O3S/c22-10-16-15-5-8-26(20(29)21(30)27-9-7-24-13-27)12-17(15)31-19(16)25-18(28)4-3-14-2-1-6-23-11-14/h1-4,6-7,9,11,13H,5,8,12H2,(H,25,28)/b4-3+. The molecule has 3 aromatic rings. The number of rotatable bonds is 3. The Labute approximate surface area is 181 Å². The number of imidazole rings is 1. The molecule has 0 unspecified atom stereocenters. The van der Waals surface area contributed by atoms with Crippen molar-refractivity contribution in [1.29, 1.82) is 5.26 Å². The van der Waals surface area contributed by atoms with E-state index in [4.69, 9.17) is 0 Å². The number of nitriles is 1. The Morgan fingerprint density at radius 2 is 2.10 bits per heavy atom. The van der Waals surface area contributed by atoms with Gasteiger partial charge in [0.1, 0.15) is 17.4 Å². The van der Waals surface area contributed by atoms with Crippen molar-refractivity contribution in [2.45, 2.75) is 13.0 Å². The summed E-state index contributed by atoms with van der Waals surface area (Å²) in [5, 5.41) is 12.8. The smallest absolute Gasteiger partial charge is 0.321 e. The Morgan fingerprint density at radius 3 is 2.81 bits per heavy atom. The van der Waals surface area contributed by atoms with Gasteiger partial charge in [0.25, 0.3) is 0 Å². The minimum absolute atomic E-state index is 0.204. The van der Waals surface area contributed by atoms with Gasteiger partial charge in [0, 0.05) is 42.3 Å². The second-order valence-corrected chi connectivity index (χ2v) is 7.79. The summed E-state index contributed by atoms with van der Waals surface area (Å²) in [6.07, 6.45) is 10.8. The number of thiophene rings is 1. The predicted molar refractivity (Wildman–Crippen MR) is 113 cm³/mol. The number of pyridine rings is 1. The summed E-state index contributed by atoms with van der Waals surface area (Å²) >= 11 is 1.24. The second kappa shape index (κ2) is 8.73. The number of hydrogen-bond donors (Lipinski definition) is 1. The average Bonchev–Trinajstić information content (AvgIpc) is 3.44. The molecule has 1 N–H and O–H groups in total. The van der Waals surface area contributed by atoms with Gasteiger partial charge >= 0.3 is 11.8 Å². The van der Waals surface area contributed by atoms with Crippen LogP contribution in [0.15, 0.2) is 49.3 Å². The molecule has 0 saturated heterocycles. The van der Waals surface area contributed by atoms with Crippen LogP contribution in [0.2, 0.25) is 0 Å². The van der Waals surface area contributed by atoms with E-state index >= 15 is 0 Å². The first-order valence-electron chi connectivity index (χ1n) is 9.32. The SMILES string of the molecule is N#Cc1c(NC(=O)/C=C/c2cccnc2)sc2c1CCN(C(=O)C(=O)n1ccnc1)C2. The summed E-state index contributed by atoms with van der Waals surface area (Å²) in [7, 11) is 0. The van der Waals surface area contributed by atoms with Gasteiger partial charge in [-0.1, -0.05) is 6.07 Å². The molecular weight excluding hydrogens is 416 g/mol. The van der Waals surface area contributed by atoms with Gasteiger partial charge in [0.05, 0.1) is 12.1 Å². The number of amides is 2. The maximum Gasteiger partial charge on any atom is 0.321 e. The van der Waals surface area contributed by atoms with Gasteiger partial charge in [-0.3, -0.25) is 23.9 Å². The molecule has 0 atom stereocenters. The van der Waals surface area contributed by atoms with Crippen LogP contribution in [0.3, 0.4) is 0 Å². The van der Waals surface area contributed by atoms with Crippen molar-refractivity contribution in [3.05, 3.63) is 70.9 Å². The lowest BCUT2D eigenvalue weighted by atomic mass is 10.0. The van der Waals surface area contributed by atoms with E-state index in [2.05, 4.69) is 21.4 Å². The largest absolute Gasteiger partial charge is 0.329 e. The lowest BCUT2D eigenvalue weighted by molar-refractivity contribution is -0.127. The number of hydrogen-bond acceptors (Lipinski definition) is 7. The third-order valence-corrected chi connectivity index (χ3v) is 5.86. The van der Waals surface area contributed by atoms with E-state index in [0.29, 0.717) is 23.5 Å². The number of aromatic nitrogens is 3. The number of nitrogens with zero attached hydrogens (tertiary/aromatic N) is 5. The minimum Gasteiger partial charge on any atom is -0.329 e. The van der Waals surface area contributed by atoms with Gasteiger partial charge in [0.15, 0.2) is 0 Å². The topological polar surface area (TPSA) is 121 Å². The van der Waals surface area contributed by atoms with Crippen molar-refractivity contribution < 1.29 is 14.4 Å². The lowest BCUT2D eigenvalue weighted by Crippen LogP contribution is -2.41. The summed E-state index contributed by atoms with van der Waals surface area (Å²) in [6.45, 7) is 0.515. The van der Waals surface area contributed by atoms with E-state index < -0.39 is 11.8 Å². The first-order chi connectivity index (χ1) is 15.1. The Balaban J connectivity index is 1.49. The Bertz CT molecular complexity index is 1210. The van der Waals surface area contributed by atoms with Crippen LogP contribution in [0, 0.1) is 11.3 Å². The number of fused-ring (bicyclic) bond motifs is 1. The highest BCUT2D eigenvalue weighted by Gasteiger charge is 2.30. The normalized spacial score (nSPS) is 12.9. The summed E-state index contributed by atoms with van der Waals surface area (Å²) in [6, 6.07) is 5.74. The fourth-order valence-corrected chi connectivity index (χ4v) is 4.42. The molecule has 2 amide bonds. The molecule has 0 fully saturated rings. The number of anilines is 1. The maximum absolute atomic E-state index is 12.5. The number of carbonyl (C=O) groups is 3. The van der Waals surface area contributed by atoms with Gasteiger partial charge in [-0.05, 0) is 29.7 Å². The molecule has 3 aromatic heterocycles. The molecule has 0 bridgehead atoms. The van der Waals surface area contributed by atoms with Crippen molar-refractivity contribution >= 4 is 40.1 Å². The van der Waals surface area contributed by atoms with Gasteiger partial charge in [-0.15, -0.1) is 11.3 Å². The van der Waals surface area contributed by atoms with Gasteiger partial charge in [-0.2, -0.15) is 5.26 Å². The summed E-state index contributed by atoms with van der Waals surface area (Å²) in [4.78, 5) is 47.1. The van der Waals surface area contributed by atoms with Crippen LogP contribution in [0.4, 0.5) is 5.00 Å². The summed E-state index contributed by atoms with van der Waals surface area (Å²) in [5.41, 5.74) is 1.98. The van der Waals surface area contributed by atoms with Crippen molar-refractivity contribution in [2.75, 3.05) is 11.9 Å². The fraction of sp³-hybridized carbons (Fsp3) is 0.143. The molecule has 0 radical (unpaired) electrons. The zero-order valence-corrected chi connectivity index (χ0v) is 17.0. The molecule has 31 heavy (non-hydrogen) atoms. The molecule has 1 aliphatic heterocycles. The fourth-order valence-electron chi connectivity index (χ4n) is 3.21. The van der Waals surface area contributed by atoms with Crippen molar-refractivity contribution in [3.63, 3.8) is 0 Å². The van der Waals surface area contributed by atoms with Crippen LogP contribution in [-0.2, 0) is 22.6 Å². The second-order valence-electron chi connectivity index (χ2n) is 6.68. The third kappa shape index (κ3) is 4.26. The molecule has 9 nitrogen and oxygen atoms in total. The summed E-state index contributed by atoms with van der Waals surface area (Å²) < 4.78 is 1.13. The van der Waals surface area contributed by atoms with E-state index in [-0.39, 0.29) is 12.5 Å². The van der Waals surface area contributed by atoms with Gasteiger partial charge in [-0.25, -0.2) is 4.98 Å². The highest BCUT2D eigenvalue weighted by molar-refractivity contribution is 7.16. The molecule has 4 heterocycles. The Hall–Kier alpha value is -4.10. The van der Waals surface area contributed by atoms with Crippen molar-refractivity contribution in [2.24, 2.45) is 0 Å². The molecule has 154 valence electrons. The van der Waals surface area contributed by atoms with Crippen LogP contribution in [-0.4, -0.2) is 43.7 Å². The van der Waals surface area contributed by atoms with E-state index in [1.807, 2.05) is 6.07 Å². The van der Waals surface area contributed by atoms with E-state index in [1.165, 1.54) is 41.0 Å². The third-order valence-electron chi connectivity index (χ3n) is 4.73. The van der Waals surface area contributed by atoms with Gasteiger partial charge < -0.3 is 10.2 Å². The molecule has 1 aliphatic rings. The minimum atomic E-state index is -0.688. The Kier molecular flexibility index (Phi) is 5.68. The molecule has 0 aromatic carbocycles. The first kappa shape index (κ1) is 20.2. The van der Waals surface area contributed by atoms with Crippen LogP contribution < -0.4 is 5.32 Å². The molecular formula is C21H16N6O3S. The monoisotopic (exact) mass is 432 g/mol. The van der Waals surface area contributed by atoms with Crippen LogP contribution in [0.5, 0.6) is 0 Å². The molecule has 4 rings (SSSR count). The molecule has 10 heteroatoms.